The quantitative estimate of drug-likeness (QED) is 0.571. The van der Waals surface area contributed by atoms with Crippen LogP contribution in [0.1, 0.15) is 69.8 Å². The number of allylic oxidation sites excluding steroid dienone is 1. The van der Waals surface area contributed by atoms with E-state index in [9.17, 15) is 0 Å². The van der Waals surface area contributed by atoms with Crippen molar-refractivity contribution in [2.24, 2.45) is 5.92 Å². The molecule has 2 heteroatoms. The summed E-state index contributed by atoms with van der Waals surface area (Å²) in [6, 6.07) is 10.9. The summed E-state index contributed by atoms with van der Waals surface area (Å²) in [5.41, 5.74) is 6.65. The standard InChI is InChI=1S/C21H26ClN/c1-6-18-14(4)19-12-16(22)7-9-21(19)23-17(11-13(2)3)8-10-20(23)15(18)5/h7-12,14-15,18H,6H2,1-5H3. The first-order valence-corrected chi connectivity index (χ1v) is 8.98. The van der Waals surface area contributed by atoms with E-state index in [0.29, 0.717) is 17.8 Å². The fourth-order valence-corrected chi connectivity index (χ4v) is 4.38. The number of nitrogens with zero attached hydrogens (tertiary/aromatic N) is 1. The second-order valence-electron chi connectivity index (χ2n) is 7.09. The predicted molar refractivity (Wildman–Crippen MR) is 101 cm³/mol. The van der Waals surface area contributed by atoms with Crippen LogP contribution in [0.3, 0.4) is 0 Å². The Morgan fingerprint density at radius 2 is 1.87 bits per heavy atom. The van der Waals surface area contributed by atoms with Gasteiger partial charge < -0.3 is 4.57 Å². The van der Waals surface area contributed by atoms with Crippen LogP contribution in [0.2, 0.25) is 5.02 Å². The molecule has 0 bridgehead atoms. The molecular formula is C21H26ClN. The van der Waals surface area contributed by atoms with Crippen LogP contribution in [0, 0.1) is 5.92 Å². The Bertz CT molecular complexity index is 749. The molecule has 2 heterocycles. The van der Waals surface area contributed by atoms with Gasteiger partial charge in [0.15, 0.2) is 0 Å². The van der Waals surface area contributed by atoms with Crippen molar-refractivity contribution in [1.82, 2.24) is 4.57 Å². The van der Waals surface area contributed by atoms with Gasteiger partial charge in [0, 0.05) is 28.0 Å². The SMILES string of the molecule is CCC1C(C)c2cc(Cl)ccc2-n2c(C=C(C)C)ccc2C1C. The zero-order valence-corrected chi connectivity index (χ0v) is 15.5. The predicted octanol–water partition coefficient (Wildman–Crippen LogP) is 6.80. The molecule has 1 aliphatic heterocycles. The van der Waals surface area contributed by atoms with Crippen molar-refractivity contribution in [2.45, 2.75) is 52.9 Å². The lowest BCUT2D eigenvalue weighted by atomic mass is 9.77. The molecule has 3 rings (SSSR count). The molecule has 1 aromatic carbocycles. The highest BCUT2D eigenvalue weighted by Gasteiger charge is 2.32. The average Bonchev–Trinajstić information content (AvgIpc) is 2.86. The summed E-state index contributed by atoms with van der Waals surface area (Å²) in [6.45, 7) is 11.3. The highest BCUT2D eigenvalue weighted by Crippen LogP contribution is 2.45. The van der Waals surface area contributed by atoms with Gasteiger partial charge in [-0.15, -0.1) is 0 Å². The number of halogens is 1. The third-order valence-corrected chi connectivity index (χ3v) is 5.56. The van der Waals surface area contributed by atoms with Crippen LogP contribution in [0.4, 0.5) is 0 Å². The van der Waals surface area contributed by atoms with Crippen LogP contribution < -0.4 is 0 Å². The molecule has 0 N–H and O–H groups in total. The highest BCUT2D eigenvalue weighted by molar-refractivity contribution is 6.30. The third kappa shape index (κ3) is 2.76. The number of benzene rings is 1. The summed E-state index contributed by atoms with van der Waals surface area (Å²) in [5, 5.41) is 0.831. The number of rotatable bonds is 2. The van der Waals surface area contributed by atoms with Crippen molar-refractivity contribution >= 4 is 17.7 Å². The molecule has 0 radical (unpaired) electrons. The minimum Gasteiger partial charge on any atom is -0.314 e. The molecule has 1 aromatic heterocycles. The summed E-state index contributed by atoms with van der Waals surface area (Å²) < 4.78 is 2.44. The van der Waals surface area contributed by atoms with Gasteiger partial charge >= 0.3 is 0 Å². The van der Waals surface area contributed by atoms with Gasteiger partial charge in [-0.1, -0.05) is 44.4 Å². The Balaban J connectivity index is 2.33. The second kappa shape index (κ2) is 6.20. The van der Waals surface area contributed by atoms with Crippen LogP contribution >= 0.6 is 11.6 Å². The maximum atomic E-state index is 6.33. The average molecular weight is 328 g/mol. The Hall–Kier alpha value is -1.47. The minimum absolute atomic E-state index is 0.503. The molecule has 122 valence electrons. The lowest BCUT2D eigenvalue weighted by Gasteiger charge is -2.26. The van der Waals surface area contributed by atoms with Gasteiger partial charge in [0.25, 0.3) is 0 Å². The Labute approximate surface area is 145 Å². The van der Waals surface area contributed by atoms with E-state index in [-0.39, 0.29) is 0 Å². The molecule has 0 saturated carbocycles. The molecule has 2 aromatic rings. The fraction of sp³-hybridized carbons (Fsp3) is 0.429. The minimum atomic E-state index is 0.503. The molecule has 0 aliphatic carbocycles. The molecule has 1 aliphatic rings. The van der Waals surface area contributed by atoms with Gasteiger partial charge in [-0.3, -0.25) is 0 Å². The number of fused-ring (bicyclic) bond motifs is 3. The van der Waals surface area contributed by atoms with Crippen molar-refractivity contribution < 1.29 is 0 Å². The molecule has 3 unspecified atom stereocenters. The summed E-state index contributed by atoms with van der Waals surface area (Å²) in [5.74, 6) is 1.66. The van der Waals surface area contributed by atoms with E-state index >= 15 is 0 Å². The van der Waals surface area contributed by atoms with E-state index in [1.54, 1.807) is 0 Å². The van der Waals surface area contributed by atoms with Gasteiger partial charge in [0.05, 0.1) is 0 Å². The normalized spacial score (nSPS) is 23.0. The lowest BCUT2D eigenvalue weighted by molar-refractivity contribution is 0.371. The van der Waals surface area contributed by atoms with E-state index < -0.39 is 0 Å². The zero-order chi connectivity index (χ0) is 16.7. The maximum Gasteiger partial charge on any atom is 0.0494 e. The molecule has 0 amide bonds. The number of hydrogen-bond acceptors (Lipinski definition) is 0. The lowest BCUT2D eigenvalue weighted by Crippen LogP contribution is -2.15. The largest absolute Gasteiger partial charge is 0.314 e. The monoisotopic (exact) mass is 327 g/mol. The van der Waals surface area contributed by atoms with Crippen molar-refractivity contribution in [2.75, 3.05) is 0 Å². The zero-order valence-electron chi connectivity index (χ0n) is 14.7. The maximum absolute atomic E-state index is 6.33. The molecule has 1 nitrogen and oxygen atoms in total. The molecule has 23 heavy (non-hydrogen) atoms. The summed E-state index contributed by atoms with van der Waals surface area (Å²) in [7, 11) is 0. The molecular weight excluding hydrogens is 302 g/mol. The highest BCUT2D eigenvalue weighted by atomic mass is 35.5. The number of hydrogen-bond donors (Lipinski definition) is 0. The Morgan fingerprint density at radius 3 is 2.52 bits per heavy atom. The number of aromatic nitrogens is 1. The van der Waals surface area contributed by atoms with E-state index in [0.717, 1.165) is 5.02 Å². The summed E-state index contributed by atoms with van der Waals surface area (Å²) in [4.78, 5) is 0. The van der Waals surface area contributed by atoms with Gasteiger partial charge in [0.2, 0.25) is 0 Å². The Kier molecular flexibility index (Phi) is 4.42. The Morgan fingerprint density at radius 1 is 1.13 bits per heavy atom. The molecule has 0 spiro atoms. The van der Waals surface area contributed by atoms with Crippen LogP contribution in [-0.2, 0) is 0 Å². The van der Waals surface area contributed by atoms with E-state index in [4.69, 9.17) is 11.6 Å². The van der Waals surface area contributed by atoms with Gasteiger partial charge in [-0.25, -0.2) is 0 Å². The first kappa shape index (κ1) is 16.4. The fourth-order valence-electron chi connectivity index (χ4n) is 4.19. The topological polar surface area (TPSA) is 4.93 Å². The summed E-state index contributed by atoms with van der Waals surface area (Å²) in [6.07, 6.45) is 3.45. The van der Waals surface area contributed by atoms with Crippen molar-refractivity contribution in [3.63, 3.8) is 0 Å². The first-order chi connectivity index (χ1) is 10.9. The molecule has 0 fully saturated rings. The van der Waals surface area contributed by atoms with Crippen LogP contribution in [0.15, 0.2) is 35.9 Å². The van der Waals surface area contributed by atoms with Crippen LogP contribution in [-0.4, -0.2) is 4.57 Å². The van der Waals surface area contributed by atoms with Gasteiger partial charge in [-0.2, -0.15) is 0 Å². The summed E-state index contributed by atoms with van der Waals surface area (Å²) >= 11 is 6.33. The van der Waals surface area contributed by atoms with Crippen molar-refractivity contribution in [3.8, 4) is 5.69 Å². The van der Waals surface area contributed by atoms with E-state index in [1.165, 1.54) is 34.6 Å². The van der Waals surface area contributed by atoms with Crippen LogP contribution in [0.25, 0.3) is 11.8 Å². The molecule has 0 saturated heterocycles. The van der Waals surface area contributed by atoms with Crippen LogP contribution in [0.5, 0.6) is 0 Å². The van der Waals surface area contributed by atoms with Crippen molar-refractivity contribution in [1.29, 1.82) is 0 Å². The van der Waals surface area contributed by atoms with E-state index in [1.807, 2.05) is 6.07 Å². The first-order valence-electron chi connectivity index (χ1n) is 8.60. The molecule has 3 atom stereocenters. The van der Waals surface area contributed by atoms with Gasteiger partial charge in [0.1, 0.15) is 0 Å². The van der Waals surface area contributed by atoms with Gasteiger partial charge in [-0.05, 0) is 67.7 Å². The smallest absolute Gasteiger partial charge is 0.0494 e. The third-order valence-electron chi connectivity index (χ3n) is 5.32. The van der Waals surface area contributed by atoms with E-state index in [2.05, 4.69) is 69.5 Å². The van der Waals surface area contributed by atoms with Crippen molar-refractivity contribution in [3.05, 3.63) is 57.9 Å². The second-order valence-corrected chi connectivity index (χ2v) is 7.53.